The largest absolute Gasteiger partial charge is 0.0956 e. The molecule has 0 bridgehead atoms. The highest BCUT2D eigenvalue weighted by atomic mass is 14.1. The Hall–Kier alpha value is -0.780. The van der Waals surface area contributed by atoms with Crippen LogP contribution < -0.4 is 0 Å². The molecule has 0 aromatic rings. The zero-order valence-corrected chi connectivity index (χ0v) is 10.3. The van der Waals surface area contributed by atoms with Crippen LogP contribution in [0, 0.1) is 5.92 Å². The molecule has 84 valence electrons. The molecule has 1 saturated carbocycles. The molecule has 0 N–H and O–H groups in total. The van der Waals surface area contributed by atoms with E-state index < -0.39 is 0 Å². The number of rotatable bonds is 4. The third-order valence-corrected chi connectivity index (χ3v) is 3.30. The highest BCUT2D eigenvalue weighted by Gasteiger charge is 2.07. The van der Waals surface area contributed by atoms with E-state index in [1.54, 1.807) is 0 Å². The lowest BCUT2D eigenvalue weighted by Crippen LogP contribution is -1.96. The minimum absolute atomic E-state index is 0.814. The minimum atomic E-state index is 0.814. The van der Waals surface area contributed by atoms with Gasteiger partial charge in [0, 0.05) is 0 Å². The first kappa shape index (κ1) is 12.3. The van der Waals surface area contributed by atoms with Crippen LogP contribution in [0.3, 0.4) is 0 Å². The van der Waals surface area contributed by atoms with Crippen molar-refractivity contribution in [3.8, 4) is 0 Å². The molecule has 1 aliphatic rings. The van der Waals surface area contributed by atoms with Gasteiger partial charge in [-0.15, -0.1) is 0 Å². The van der Waals surface area contributed by atoms with Gasteiger partial charge in [-0.05, 0) is 43.6 Å². The van der Waals surface area contributed by atoms with Gasteiger partial charge in [-0.25, -0.2) is 0 Å². The summed E-state index contributed by atoms with van der Waals surface area (Å²) in [6.07, 6.45) is 14.3. The van der Waals surface area contributed by atoms with Gasteiger partial charge >= 0.3 is 0 Å². The summed E-state index contributed by atoms with van der Waals surface area (Å²) < 4.78 is 0. The van der Waals surface area contributed by atoms with Gasteiger partial charge < -0.3 is 0 Å². The van der Waals surface area contributed by atoms with Gasteiger partial charge in [0.25, 0.3) is 0 Å². The van der Waals surface area contributed by atoms with E-state index in [1.807, 2.05) is 0 Å². The van der Waals surface area contributed by atoms with Crippen molar-refractivity contribution >= 4 is 0 Å². The summed E-state index contributed by atoms with van der Waals surface area (Å²) in [5.74, 6) is 0.814. The monoisotopic (exact) mass is 204 g/mol. The van der Waals surface area contributed by atoms with Crippen molar-refractivity contribution < 1.29 is 0 Å². The van der Waals surface area contributed by atoms with Crippen LogP contribution >= 0.6 is 0 Å². The molecule has 1 unspecified atom stereocenters. The molecule has 1 rings (SSSR count). The van der Waals surface area contributed by atoms with Crippen molar-refractivity contribution in [3.63, 3.8) is 0 Å². The van der Waals surface area contributed by atoms with Crippen LogP contribution in [0.5, 0.6) is 0 Å². The summed E-state index contributed by atoms with van der Waals surface area (Å²) in [6, 6.07) is 0. The molecule has 0 radical (unpaired) electrons. The maximum Gasteiger partial charge on any atom is -0.0276 e. The fourth-order valence-electron chi connectivity index (χ4n) is 1.85. The zero-order valence-electron chi connectivity index (χ0n) is 10.3. The first-order chi connectivity index (χ1) is 7.24. The van der Waals surface area contributed by atoms with Crippen LogP contribution in [0.15, 0.2) is 36.0 Å². The van der Waals surface area contributed by atoms with E-state index in [0.29, 0.717) is 0 Å². The first-order valence-corrected chi connectivity index (χ1v) is 6.28. The lowest BCUT2D eigenvalue weighted by molar-refractivity contribution is 0.572. The van der Waals surface area contributed by atoms with Crippen molar-refractivity contribution in [2.45, 2.75) is 52.4 Å². The van der Waals surface area contributed by atoms with Crippen molar-refractivity contribution in [1.29, 1.82) is 0 Å². The fourth-order valence-corrected chi connectivity index (χ4v) is 1.85. The van der Waals surface area contributed by atoms with E-state index in [9.17, 15) is 0 Å². The number of allylic oxidation sites excluding steroid dienone is 5. The van der Waals surface area contributed by atoms with Crippen LogP contribution in [-0.4, -0.2) is 0 Å². The van der Waals surface area contributed by atoms with Gasteiger partial charge in [0.15, 0.2) is 0 Å². The highest BCUT2D eigenvalue weighted by Crippen LogP contribution is 2.27. The van der Waals surface area contributed by atoms with E-state index >= 15 is 0 Å². The molecule has 0 amide bonds. The topological polar surface area (TPSA) is 0 Å². The minimum Gasteiger partial charge on any atom is -0.0956 e. The maximum atomic E-state index is 4.12. The molecule has 15 heavy (non-hydrogen) atoms. The van der Waals surface area contributed by atoms with Gasteiger partial charge in [-0.2, -0.15) is 0 Å². The first-order valence-electron chi connectivity index (χ1n) is 6.28. The maximum absolute atomic E-state index is 4.12. The lowest BCUT2D eigenvalue weighted by atomic mass is 9.90. The van der Waals surface area contributed by atoms with E-state index in [1.165, 1.54) is 49.7 Å². The van der Waals surface area contributed by atoms with Crippen LogP contribution in [0.4, 0.5) is 0 Å². The lowest BCUT2D eigenvalue weighted by Gasteiger charge is -2.15. The quantitative estimate of drug-likeness (QED) is 0.602. The molecular weight excluding hydrogens is 180 g/mol. The molecular formula is C15H24. The van der Waals surface area contributed by atoms with E-state index in [4.69, 9.17) is 0 Å². The Balaban J connectivity index is 2.38. The summed E-state index contributed by atoms with van der Waals surface area (Å²) in [4.78, 5) is 0. The zero-order chi connectivity index (χ0) is 11.1. The van der Waals surface area contributed by atoms with Crippen molar-refractivity contribution in [3.05, 3.63) is 36.0 Å². The molecule has 0 saturated heterocycles. The van der Waals surface area contributed by atoms with Crippen molar-refractivity contribution in [2.75, 3.05) is 0 Å². The molecule has 0 spiro atoms. The molecule has 0 aliphatic heterocycles. The molecule has 0 heteroatoms. The Morgan fingerprint density at radius 1 is 1.33 bits per heavy atom. The Labute approximate surface area is 94.8 Å². The normalized spacial score (nSPS) is 22.5. The Bertz CT molecular complexity index is 255. The third-order valence-electron chi connectivity index (χ3n) is 3.30. The summed E-state index contributed by atoms with van der Waals surface area (Å²) in [6.45, 7) is 8.68. The average Bonchev–Trinajstić information content (AvgIpc) is 2.26. The fraction of sp³-hybridized carbons (Fsp3) is 0.600. The second-order valence-corrected chi connectivity index (χ2v) is 4.68. The average molecular weight is 204 g/mol. The molecule has 0 heterocycles. The molecule has 1 fully saturated rings. The SMILES string of the molecule is C=C1CCCC/C1=C/C=C\CC(C)CC. The van der Waals surface area contributed by atoms with Gasteiger partial charge in [0.2, 0.25) is 0 Å². The second kappa shape index (κ2) is 6.66. The third kappa shape index (κ3) is 4.51. The predicted octanol–water partition coefficient (Wildman–Crippen LogP) is 5.04. The molecule has 1 aliphatic carbocycles. The van der Waals surface area contributed by atoms with Crippen molar-refractivity contribution in [2.24, 2.45) is 5.92 Å². The Kier molecular flexibility index (Phi) is 5.45. The Morgan fingerprint density at radius 3 is 2.73 bits per heavy atom. The van der Waals surface area contributed by atoms with E-state index in [-0.39, 0.29) is 0 Å². The summed E-state index contributed by atoms with van der Waals surface area (Å²) in [7, 11) is 0. The van der Waals surface area contributed by atoms with Crippen LogP contribution in [0.1, 0.15) is 52.4 Å². The molecule has 0 nitrogen and oxygen atoms in total. The predicted molar refractivity (Wildman–Crippen MR) is 68.9 cm³/mol. The van der Waals surface area contributed by atoms with E-state index in [2.05, 4.69) is 38.7 Å². The Morgan fingerprint density at radius 2 is 2.07 bits per heavy atom. The van der Waals surface area contributed by atoms with Crippen LogP contribution in [-0.2, 0) is 0 Å². The highest BCUT2D eigenvalue weighted by molar-refractivity contribution is 5.33. The second-order valence-electron chi connectivity index (χ2n) is 4.68. The molecule has 0 aromatic heterocycles. The van der Waals surface area contributed by atoms with Gasteiger partial charge in [0.1, 0.15) is 0 Å². The molecule has 1 atom stereocenters. The van der Waals surface area contributed by atoms with E-state index in [0.717, 1.165) is 5.92 Å². The van der Waals surface area contributed by atoms with Crippen molar-refractivity contribution in [1.82, 2.24) is 0 Å². The smallest absolute Gasteiger partial charge is 0.0276 e. The summed E-state index contributed by atoms with van der Waals surface area (Å²) in [5.41, 5.74) is 2.83. The van der Waals surface area contributed by atoms with Gasteiger partial charge in [0.05, 0.1) is 0 Å². The van der Waals surface area contributed by atoms with Crippen LogP contribution in [0.25, 0.3) is 0 Å². The standard InChI is InChI=1S/C15H24/c1-4-13(2)9-5-7-11-15-12-8-6-10-14(15)3/h5,7,11,13H,3-4,6,8-10,12H2,1-2H3/b7-5-,15-11-. The van der Waals surface area contributed by atoms with Gasteiger partial charge in [-0.1, -0.05) is 50.6 Å². The van der Waals surface area contributed by atoms with Gasteiger partial charge in [-0.3, -0.25) is 0 Å². The number of hydrogen-bond donors (Lipinski definition) is 0. The number of hydrogen-bond acceptors (Lipinski definition) is 0. The summed E-state index contributed by atoms with van der Waals surface area (Å²) >= 11 is 0. The van der Waals surface area contributed by atoms with Crippen LogP contribution in [0.2, 0.25) is 0 Å². The summed E-state index contributed by atoms with van der Waals surface area (Å²) in [5, 5.41) is 0. The molecule has 0 aromatic carbocycles.